The van der Waals surface area contributed by atoms with E-state index < -0.39 is 0 Å². The molecule has 88 valence electrons. The van der Waals surface area contributed by atoms with E-state index in [0.717, 1.165) is 18.7 Å². The van der Waals surface area contributed by atoms with E-state index in [1.54, 1.807) is 7.11 Å². The fraction of sp³-hybridized carbons (Fsp3) is 0.308. The summed E-state index contributed by atoms with van der Waals surface area (Å²) in [6.45, 7) is 0.995. The van der Waals surface area contributed by atoms with Gasteiger partial charge in [0.2, 0.25) is 0 Å². The number of aromatic amines is 1. The Balaban J connectivity index is 2.06. The third kappa shape index (κ3) is 1.75. The number of aromatic nitrogens is 2. The van der Waals surface area contributed by atoms with Crippen molar-refractivity contribution in [2.75, 3.05) is 19.0 Å². The molecule has 1 aromatic heterocycles. The van der Waals surface area contributed by atoms with Crippen molar-refractivity contribution in [1.29, 1.82) is 0 Å². The monoisotopic (exact) mass is 229 g/mol. The number of benzene rings is 1. The predicted octanol–water partition coefficient (Wildman–Crippen LogP) is 2.37. The van der Waals surface area contributed by atoms with E-state index >= 15 is 0 Å². The molecule has 1 aliphatic rings. The van der Waals surface area contributed by atoms with Gasteiger partial charge in [0.05, 0.1) is 13.3 Å². The Morgan fingerprint density at radius 1 is 1.41 bits per heavy atom. The highest BCUT2D eigenvalue weighted by Gasteiger charge is 2.22. The number of ether oxygens (including phenoxy) is 1. The Morgan fingerprint density at radius 2 is 2.35 bits per heavy atom. The normalized spacial score (nSPS) is 18.3. The Bertz CT molecular complexity index is 507. The van der Waals surface area contributed by atoms with Crippen LogP contribution in [0.2, 0.25) is 0 Å². The van der Waals surface area contributed by atoms with Crippen molar-refractivity contribution >= 4 is 5.69 Å². The number of rotatable bonds is 2. The summed E-state index contributed by atoms with van der Waals surface area (Å²) in [4.78, 5) is 0. The molecule has 0 saturated heterocycles. The molecule has 1 unspecified atom stereocenters. The molecule has 0 saturated carbocycles. The van der Waals surface area contributed by atoms with Gasteiger partial charge in [-0.1, -0.05) is 0 Å². The van der Waals surface area contributed by atoms with E-state index in [-0.39, 0.29) is 0 Å². The Kier molecular flexibility index (Phi) is 2.48. The van der Waals surface area contributed by atoms with Crippen LogP contribution in [-0.4, -0.2) is 23.9 Å². The molecule has 1 aliphatic heterocycles. The van der Waals surface area contributed by atoms with Crippen molar-refractivity contribution in [2.45, 2.75) is 12.3 Å². The molecule has 0 bridgehead atoms. The lowest BCUT2D eigenvalue weighted by molar-refractivity contribution is 0.414. The quantitative estimate of drug-likeness (QED) is 0.831. The molecule has 1 atom stereocenters. The average molecular weight is 229 g/mol. The maximum absolute atomic E-state index is 5.29. The highest BCUT2D eigenvalue weighted by atomic mass is 16.5. The minimum Gasteiger partial charge on any atom is -0.497 e. The summed E-state index contributed by atoms with van der Waals surface area (Å²) in [7, 11) is 1.70. The summed E-state index contributed by atoms with van der Waals surface area (Å²) in [5, 5.41) is 10.3. The average Bonchev–Trinajstić information content (AvgIpc) is 2.91. The predicted molar refractivity (Wildman–Crippen MR) is 66.5 cm³/mol. The first-order chi connectivity index (χ1) is 8.38. The molecule has 17 heavy (non-hydrogen) atoms. The van der Waals surface area contributed by atoms with Gasteiger partial charge >= 0.3 is 0 Å². The zero-order valence-electron chi connectivity index (χ0n) is 9.73. The molecular formula is C13H15N3O. The molecule has 2 N–H and O–H groups in total. The van der Waals surface area contributed by atoms with Crippen molar-refractivity contribution in [3.63, 3.8) is 0 Å². The second kappa shape index (κ2) is 4.13. The van der Waals surface area contributed by atoms with Crippen LogP contribution in [0.5, 0.6) is 5.75 Å². The number of H-pyrrole nitrogens is 1. The smallest absolute Gasteiger partial charge is 0.119 e. The molecule has 1 aromatic carbocycles. The van der Waals surface area contributed by atoms with E-state index in [0.29, 0.717) is 5.92 Å². The number of nitrogens with zero attached hydrogens (tertiary/aromatic N) is 1. The van der Waals surface area contributed by atoms with Gasteiger partial charge < -0.3 is 10.1 Å². The molecular weight excluding hydrogens is 214 g/mol. The molecule has 0 amide bonds. The number of anilines is 1. The lowest BCUT2D eigenvalue weighted by Crippen LogP contribution is -2.17. The maximum Gasteiger partial charge on any atom is 0.119 e. The minimum absolute atomic E-state index is 0.403. The molecule has 2 heterocycles. The van der Waals surface area contributed by atoms with Gasteiger partial charge in [-0.15, -0.1) is 0 Å². The van der Waals surface area contributed by atoms with E-state index in [1.165, 1.54) is 16.8 Å². The van der Waals surface area contributed by atoms with Crippen LogP contribution in [0.25, 0.3) is 0 Å². The topological polar surface area (TPSA) is 49.9 Å². The molecule has 0 fully saturated rings. The molecule has 0 radical (unpaired) electrons. The number of fused-ring (bicyclic) bond motifs is 1. The summed E-state index contributed by atoms with van der Waals surface area (Å²) >= 11 is 0. The third-order valence-corrected chi connectivity index (χ3v) is 3.30. The number of hydrogen-bond donors (Lipinski definition) is 2. The van der Waals surface area contributed by atoms with Gasteiger partial charge in [-0.25, -0.2) is 0 Å². The fourth-order valence-electron chi connectivity index (χ4n) is 2.42. The highest BCUT2D eigenvalue weighted by molar-refractivity contribution is 5.59. The van der Waals surface area contributed by atoms with Crippen molar-refractivity contribution in [1.82, 2.24) is 10.2 Å². The number of nitrogens with one attached hydrogen (secondary N) is 2. The number of methoxy groups -OCH3 is 1. The zero-order valence-corrected chi connectivity index (χ0v) is 9.73. The summed E-state index contributed by atoms with van der Waals surface area (Å²) < 4.78 is 5.29. The standard InChI is InChI=1S/C13H15N3O/c1-17-10-2-3-13-12(6-10)11(4-5-14-13)9-7-15-16-8-9/h2-3,6-8,11,14H,4-5H2,1H3,(H,15,16). The Morgan fingerprint density at radius 3 is 3.12 bits per heavy atom. The first-order valence-electron chi connectivity index (χ1n) is 5.79. The van der Waals surface area contributed by atoms with Crippen LogP contribution >= 0.6 is 0 Å². The van der Waals surface area contributed by atoms with Gasteiger partial charge in [0.15, 0.2) is 0 Å². The van der Waals surface area contributed by atoms with Gasteiger partial charge in [-0.2, -0.15) is 5.10 Å². The first-order valence-corrected chi connectivity index (χ1v) is 5.79. The second-order valence-corrected chi connectivity index (χ2v) is 4.25. The van der Waals surface area contributed by atoms with E-state index in [4.69, 9.17) is 4.74 Å². The van der Waals surface area contributed by atoms with Crippen LogP contribution < -0.4 is 10.1 Å². The third-order valence-electron chi connectivity index (χ3n) is 3.30. The first kappa shape index (κ1) is 10.2. The van der Waals surface area contributed by atoms with E-state index in [2.05, 4.69) is 27.6 Å². The van der Waals surface area contributed by atoms with Gasteiger partial charge in [0.25, 0.3) is 0 Å². The zero-order chi connectivity index (χ0) is 11.7. The van der Waals surface area contributed by atoms with Crippen LogP contribution in [0.15, 0.2) is 30.6 Å². The van der Waals surface area contributed by atoms with Gasteiger partial charge in [0.1, 0.15) is 5.75 Å². The molecule has 0 spiro atoms. The maximum atomic E-state index is 5.29. The Labute approximate surface area is 100 Å². The molecule has 4 heteroatoms. The summed E-state index contributed by atoms with van der Waals surface area (Å²) in [5.41, 5.74) is 3.72. The summed E-state index contributed by atoms with van der Waals surface area (Å²) in [6, 6.07) is 6.18. The lowest BCUT2D eigenvalue weighted by Gasteiger charge is -2.26. The van der Waals surface area contributed by atoms with E-state index in [1.807, 2.05) is 18.5 Å². The van der Waals surface area contributed by atoms with Crippen molar-refractivity contribution < 1.29 is 4.74 Å². The van der Waals surface area contributed by atoms with Crippen LogP contribution in [0, 0.1) is 0 Å². The van der Waals surface area contributed by atoms with Crippen molar-refractivity contribution in [2.24, 2.45) is 0 Å². The fourth-order valence-corrected chi connectivity index (χ4v) is 2.42. The lowest BCUT2D eigenvalue weighted by atomic mass is 9.86. The van der Waals surface area contributed by atoms with Crippen LogP contribution in [-0.2, 0) is 0 Å². The SMILES string of the molecule is COc1ccc2c(c1)C(c1cn[nH]c1)CCN2. The summed E-state index contributed by atoms with van der Waals surface area (Å²) in [5.74, 6) is 1.31. The van der Waals surface area contributed by atoms with Crippen molar-refractivity contribution in [3.05, 3.63) is 41.7 Å². The molecule has 3 rings (SSSR count). The second-order valence-electron chi connectivity index (χ2n) is 4.25. The van der Waals surface area contributed by atoms with Gasteiger partial charge in [0, 0.05) is 24.3 Å². The van der Waals surface area contributed by atoms with Gasteiger partial charge in [-0.05, 0) is 35.7 Å². The van der Waals surface area contributed by atoms with Crippen LogP contribution in [0.3, 0.4) is 0 Å². The van der Waals surface area contributed by atoms with Gasteiger partial charge in [-0.3, -0.25) is 5.10 Å². The minimum atomic E-state index is 0.403. The van der Waals surface area contributed by atoms with Crippen LogP contribution in [0.4, 0.5) is 5.69 Å². The highest BCUT2D eigenvalue weighted by Crippen LogP contribution is 2.37. The Hall–Kier alpha value is -1.97. The summed E-state index contributed by atoms with van der Waals surface area (Å²) in [6.07, 6.45) is 4.96. The van der Waals surface area contributed by atoms with Crippen LogP contribution in [0.1, 0.15) is 23.5 Å². The number of hydrogen-bond acceptors (Lipinski definition) is 3. The molecule has 4 nitrogen and oxygen atoms in total. The molecule has 2 aromatic rings. The van der Waals surface area contributed by atoms with Crippen molar-refractivity contribution in [3.8, 4) is 5.75 Å². The largest absolute Gasteiger partial charge is 0.497 e. The van der Waals surface area contributed by atoms with E-state index in [9.17, 15) is 0 Å². The molecule has 0 aliphatic carbocycles.